The lowest BCUT2D eigenvalue weighted by molar-refractivity contribution is -0.138. The smallest absolute Gasteiger partial charge is 0.416 e. The third-order valence-corrected chi connectivity index (χ3v) is 3.56. The van der Waals surface area contributed by atoms with E-state index in [2.05, 4.69) is 15.9 Å². The highest BCUT2D eigenvalue weighted by atomic mass is 79.9. The van der Waals surface area contributed by atoms with E-state index in [-0.39, 0.29) is 11.3 Å². The van der Waals surface area contributed by atoms with Crippen LogP contribution in [0.5, 0.6) is 0 Å². The summed E-state index contributed by atoms with van der Waals surface area (Å²) in [6.45, 7) is -0.447. The third-order valence-electron chi connectivity index (χ3n) is 3.03. The molecular formula is C17H11BrF3O3. The number of hydrogen-bond donors (Lipinski definition) is 0. The van der Waals surface area contributed by atoms with Crippen molar-refractivity contribution in [2.45, 2.75) is 6.18 Å². The summed E-state index contributed by atoms with van der Waals surface area (Å²) in [4.78, 5) is 23.5. The number of esters is 1. The number of alkyl halides is 3. The number of Topliss-reactive ketones (excluding diaryl/α,β-unsaturated/α-hetero) is 1. The van der Waals surface area contributed by atoms with Crippen LogP contribution in [0.1, 0.15) is 21.5 Å². The van der Waals surface area contributed by atoms with Crippen LogP contribution in [0.2, 0.25) is 0 Å². The van der Waals surface area contributed by atoms with Crippen molar-refractivity contribution in [2.75, 3.05) is 6.61 Å². The molecular weight excluding hydrogens is 389 g/mol. The molecule has 3 nitrogen and oxygen atoms in total. The van der Waals surface area contributed by atoms with Crippen molar-refractivity contribution in [1.82, 2.24) is 0 Å². The van der Waals surface area contributed by atoms with E-state index in [0.717, 1.165) is 35.2 Å². The van der Waals surface area contributed by atoms with E-state index in [1.807, 2.05) is 0 Å². The minimum atomic E-state index is -4.43. The second-order valence-electron chi connectivity index (χ2n) is 4.80. The van der Waals surface area contributed by atoms with Crippen molar-refractivity contribution in [1.29, 1.82) is 0 Å². The van der Waals surface area contributed by atoms with Crippen molar-refractivity contribution in [2.24, 2.45) is 0 Å². The molecule has 7 heteroatoms. The molecule has 0 N–H and O–H groups in total. The maximum atomic E-state index is 12.4. The topological polar surface area (TPSA) is 43.4 Å². The molecule has 0 aliphatic rings. The van der Waals surface area contributed by atoms with Gasteiger partial charge in [-0.1, -0.05) is 40.2 Å². The van der Waals surface area contributed by atoms with Crippen LogP contribution in [-0.4, -0.2) is 18.4 Å². The van der Waals surface area contributed by atoms with Gasteiger partial charge in [-0.05, 0) is 29.8 Å². The number of carbonyl (C=O) groups is 2. The lowest BCUT2D eigenvalue weighted by atomic mass is 10.1. The summed E-state index contributed by atoms with van der Waals surface area (Å²) < 4.78 is 42.9. The van der Waals surface area contributed by atoms with Gasteiger partial charge in [0.05, 0.1) is 12.0 Å². The quantitative estimate of drug-likeness (QED) is 0.551. The van der Waals surface area contributed by atoms with Crippen LogP contribution in [0.25, 0.3) is 0 Å². The van der Waals surface area contributed by atoms with Crippen LogP contribution in [0, 0.1) is 6.42 Å². The van der Waals surface area contributed by atoms with Gasteiger partial charge in [0, 0.05) is 10.0 Å². The second kappa shape index (κ2) is 7.61. The Balaban J connectivity index is 1.87. The number of rotatable bonds is 5. The summed E-state index contributed by atoms with van der Waals surface area (Å²) in [5.41, 5.74) is -0.164. The van der Waals surface area contributed by atoms with Crippen LogP contribution < -0.4 is 0 Å². The highest BCUT2D eigenvalue weighted by molar-refractivity contribution is 9.10. The van der Waals surface area contributed by atoms with Crippen molar-refractivity contribution < 1.29 is 27.5 Å². The number of ketones is 1. The van der Waals surface area contributed by atoms with Gasteiger partial charge < -0.3 is 4.74 Å². The first-order valence-corrected chi connectivity index (χ1v) is 7.52. The minimum absolute atomic E-state index is 0.254. The van der Waals surface area contributed by atoms with E-state index < -0.39 is 24.3 Å². The van der Waals surface area contributed by atoms with E-state index in [1.54, 1.807) is 24.3 Å². The Kier molecular flexibility index (Phi) is 5.77. The number of carbonyl (C=O) groups excluding carboxylic acids is 2. The SMILES string of the molecule is O=C([CH]c1ccc(C(F)(F)F)cc1)OCC(=O)c1ccc(Br)cc1. The molecule has 0 fully saturated rings. The molecule has 0 atom stereocenters. The standard InChI is InChI=1S/C17H11BrF3O3/c18-14-7-3-12(4-8-14)15(22)10-24-16(23)9-11-1-5-13(6-2-11)17(19,20)21/h1-9H,10H2. The van der Waals surface area contributed by atoms with E-state index in [9.17, 15) is 22.8 Å². The maximum absolute atomic E-state index is 12.4. The summed E-state index contributed by atoms with van der Waals surface area (Å²) in [6, 6.07) is 10.6. The van der Waals surface area contributed by atoms with Crippen molar-refractivity contribution in [3.8, 4) is 0 Å². The highest BCUT2D eigenvalue weighted by Gasteiger charge is 2.30. The molecule has 2 aromatic carbocycles. The number of benzene rings is 2. The Morgan fingerprint density at radius 1 is 1.00 bits per heavy atom. The van der Waals surface area contributed by atoms with Crippen LogP contribution in [0.15, 0.2) is 53.0 Å². The average molecular weight is 400 g/mol. The number of hydrogen-bond acceptors (Lipinski definition) is 3. The van der Waals surface area contributed by atoms with E-state index in [4.69, 9.17) is 4.74 Å². The van der Waals surface area contributed by atoms with Crippen molar-refractivity contribution in [3.05, 3.63) is 76.1 Å². The van der Waals surface area contributed by atoms with Gasteiger partial charge in [0.2, 0.25) is 0 Å². The lowest BCUT2D eigenvalue weighted by Crippen LogP contribution is -2.14. The lowest BCUT2D eigenvalue weighted by Gasteiger charge is -2.07. The van der Waals surface area contributed by atoms with E-state index in [1.165, 1.54) is 0 Å². The maximum Gasteiger partial charge on any atom is 0.416 e. The van der Waals surface area contributed by atoms with E-state index in [0.29, 0.717) is 5.56 Å². The predicted molar refractivity (Wildman–Crippen MR) is 84.3 cm³/mol. The normalized spacial score (nSPS) is 11.2. The van der Waals surface area contributed by atoms with Crippen LogP contribution >= 0.6 is 15.9 Å². The number of halogens is 4. The molecule has 2 aromatic rings. The van der Waals surface area contributed by atoms with Crippen molar-refractivity contribution in [3.63, 3.8) is 0 Å². The van der Waals surface area contributed by atoms with Gasteiger partial charge in [0.1, 0.15) is 0 Å². The van der Waals surface area contributed by atoms with Crippen LogP contribution in [-0.2, 0) is 15.7 Å². The zero-order valence-electron chi connectivity index (χ0n) is 12.1. The molecule has 2 rings (SSSR count). The molecule has 0 bridgehead atoms. The van der Waals surface area contributed by atoms with Gasteiger partial charge in [-0.3, -0.25) is 9.59 Å². The fourth-order valence-corrected chi connectivity index (χ4v) is 2.07. The molecule has 0 spiro atoms. The fourth-order valence-electron chi connectivity index (χ4n) is 1.80. The Bertz CT molecular complexity index is 722. The summed E-state index contributed by atoms with van der Waals surface area (Å²) in [6.07, 6.45) is -3.41. The first kappa shape index (κ1) is 18.2. The monoisotopic (exact) mass is 399 g/mol. The van der Waals surface area contributed by atoms with Gasteiger partial charge in [-0.25, -0.2) is 0 Å². The first-order valence-electron chi connectivity index (χ1n) is 6.73. The fraction of sp³-hybridized carbons (Fsp3) is 0.118. The third kappa shape index (κ3) is 5.19. The predicted octanol–water partition coefficient (Wildman–Crippen LogP) is 4.45. The number of ether oxygens (including phenoxy) is 1. The summed E-state index contributed by atoms with van der Waals surface area (Å²) in [5.74, 6) is -1.18. The molecule has 0 aromatic heterocycles. The van der Waals surface area contributed by atoms with Crippen LogP contribution in [0.4, 0.5) is 13.2 Å². The zero-order valence-corrected chi connectivity index (χ0v) is 13.7. The van der Waals surface area contributed by atoms with Gasteiger partial charge in [-0.2, -0.15) is 13.2 Å². The average Bonchev–Trinajstić information content (AvgIpc) is 2.53. The Labute approximate surface area is 144 Å². The molecule has 0 amide bonds. The summed E-state index contributed by atoms with van der Waals surface area (Å²) in [7, 11) is 0. The van der Waals surface area contributed by atoms with Gasteiger partial charge >= 0.3 is 12.1 Å². The summed E-state index contributed by atoms with van der Waals surface area (Å²) >= 11 is 3.24. The van der Waals surface area contributed by atoms with Gasteiger partial charge in [0.25, 0.3) is 0 Å². The molecule has 0 aliphatic heterocycles. The molecule has 0 aliphatic carbocycles. The van der Waals surface area contributed by atoms with E-state index >= 15 is 0 Å². The Morgan fingerprint density at radius 3 is 2.12 bits per heavy atom. The second-order valence-corrected chi connectivity index (χ2v) is 5.72. The molecule has 1 radical (unpaired) electrons. The van der Waals surface area contributed by atoms with Gasteiger partial charge in [-0.15, -0.1) is 0 Å². The Hall–Kier alpha value is -2.15. The largest absolute Gasteiger partial charge is 0.457 e. The van der Waals surface area contributed by atoms with Gasteiger partial charge in [0.15, 0.2) is 12.4 Å². The molecule has 0 unspecified atom stereocenters. The zero-order chi connectivity index (χ0) is 17.7. The molecule has 24 heavy (non-hydrogen) atoms. The molecule has 125 valence electrons. The van der Waals surface area contributed by atoms with Crippen molar-refractivity contribution >= 4 is 27.7 Å². The summed E-state index contributed by atoms with van der Waals surface area (Å²) in [5, 5.41) is 0. The first-order chi connectivity index (χ1) is 11.3. The molecule has 0 saturated heterocycles. The highest BCUT2D eigenvalue weighted by Crippen LogP contribution is 2.29. The Morgan fingerprint density at radius 2 is 1.58 bits per heavy atom. The minimum Gasteiger partial charge on any atom is -0.457 e. The molecule has 0 saturated carbocycles. The van der Waals surface area contributed by atoms with Crippen LogP contribution in [0.3, 0.4) is 0 Å². The molecule has 0 heterocycles.